The number of carbonyl (C=O) groups excluding carboxylic acids is 3. The first kappa shape index (κ1) is 21.5. The van der Waals surface area contributed by atoms with Crippen LogP contribution in [-0.2, 0) is 20.9 Å². The highest BCUT2D eigenvalue weighted by Crippen LogP contribution is 2.10. The van der Waals surface area contributed by atoms with Crippen LogP contribution in [0.4, 0.5) is 0 Å². The number of carbonyl (C=O) groups is 3. The summed E-state index contributed by atoms with van der Waals surface area (Å²) in [7, 11) is 0. The molecule has 0 aliphatic carbocycles. The molecule has 9 heteroatoms. The van der Waals surface area contributed by atoms with Gasteiger partial charge in [-0.05, 0) is 61.4 Å². The smallest absolute Gasteiger partial charge is 0.329 e. The molecule has 3 N–H and O–H groups in total. The lowest BCUT2D eigenvalue weighted by Crippen LogP contribution is -2.37. The third-order valence-electron chi connectivity index (χ3n) is 3.49. The van der Waals surface area contributed by atoms with Crippen LogP contribution in [-0.4, -0.2) is 41.6 Å². The van der Waals surface area contributed by atoms with Crippen molar-refractivity contribution in [2.24, 2.45) is 5.10 Å². The number of hydrazone groups is 1. The van der Waals surface area contributed by atoms with Crippen LogP contribution in [0.2, 0.25) is 0 Å². The second kappa shape index (κ2) is 11.2. The van der Waals surface area contributed by atoms with Gasteiger partial charge in [-0.2, -0.15) is 5.10 Å². The van der Waals surface area contributed by atoms with Gasteiger partial charge in [0.05, 0.1) is 6.21 Å². The molecular formula is C20H23N5O4. The molecule has 0 saturated carbocycles. The van der Waals surface area contributed by atoms with Gasteiger partial charge in [0.1, 0.15) is 5.75 Å². The van der Waals surface area contributed by atoms with Gasteiger partial charge in [-0.1, -0.05) is 0 Å². The van der Waals surface area contributed by atoms with Crippen LogP contribution >= 0.6 is 0 Å². The second-order valence-electron chi connectivity index (χ2n) is 6.32. The van der Waals surface area contributed by atoms with Crippen LogP contribution in [0.15, 0.2) is 53.9 Å². The van der Waals surface area contributed by atoms with E-state index in [2.05, 4.69) is 26.1 Å². The predicted molar refractivity (Wildman–Crippen MR) is 107 cm³/mol. The number of nitrogens with one attached hydrogen (secondary N) is 3. The Morgan fingerprint density at radius 3 is 2.41 bits per heavy atom. The molecule has 0 radical (unpaired) electrons. The Balaban J connectivity index is 1.74. The lowest BCUT2D eigenvalue weighted by atomic mass is 10.2. The number of nitrogens with zero attached hydrogens (tertiary/aromatic N) is 2. The SMILES string of the molecule is CC(C)NC(=O)COc1ccc(/C=N\NC(=O)C(=O)NCc2ccncc2)cc1. The lowest BCUT2D eigenvalue weighted by molar-refractivity contribution is -0.139. The molecule has 9 nitrogen and oxygen atoms in total. The van der Waals surface area contributed by atoms with Crippen LogP contribution in [0.5, 0.6) is 5.75 Å². The highest BCUT2D eigenvalue weighted by molar-refractivity contribution is 6.35. The molecule has 29 heavy (non-hydrogen) atoms. The van der Waals surface area contributed by atoms with Gasteiger partial charge in [-0.25, -0.2) is 5.43 Å². The van der Waals surface area contributed by atoms with Crippen molar-refractivity contribution in [2.75, 3.05) is 6.61 Å². The van der Waals surface area contributed by atoms with Gasteiger partial charge in [0.15, 0.2) is 6.61 Å². The Bertz CT molecular complexity index is 851. The number of amides is 3. The van der Waals surface area contributed by atoms with Crippen molar-refractivity contribution >= 4 is 23.9 Å². The molecule has 0 saturated heterocycles. The molecule has 1 heterocycles. The van der Waals surface area contributed by atoms with Crippen molar-refractivity contribution in [3.63, 3.8) is 0 Å². The number of hydrogen-bond donors (Lipinski definition) is 3. The summed E-state index contributed by atoms with van der Waals surface area (Å²) in [6.07, 6.45) is 4.59. The summed E-state index contributed by atoms with van der Waals surface area (Å²) in [4.78, 5) is 38.9. The largest absolute Gasteiger partial charge is 0.484 e. The first-order chi connectivity index (χ1) is 13.9. The molecule has 1 aromatic carbocycles. The fraction of sp³-hybridized carbons (Fsp3) is 0.250. The van der Waals surface area contributed by atoms with Crippen molar-refractivity contribution in [1.29, 1.82) is 0 Å². The summed E-state index contributed by atoms with van der Waals surface area (Å²) in [6, 6.07) is 10.3. The first-order valence-corrected chi connectivity index (χ1v) is 8.96. The molecule has 0 atom stereocenters. The number of rotatable bonds is 8. The lowest BCUT2D eigenvalue weighted by Gasteiger charge is -2.09. The summed E-state index contributed by atoms with van der Waals surface area (Å²) >= 11 is 0. The molecule has 0 bridgehead atoms. The summed E-state index contributed by atoms with van der Waals surface area (Å²) in [5, 5.41) is 8.97. The Morgan fingerprint density at radius 2 is 1.76 bits per heavy atom. The van der Waals surface area contributed by atoms with Crippen molar-refractivity contribution in [1.82, 2.24) is 21.0 Å². The van der Waals surface area contributed by atoms with Gasteiger partial charge in [0.2, 0.25) is 0 Å². The van der Waals surface area contributed by atoms with Gasteiger partial charge >= 0.3 is 11.8 Å². The number of ether oxygens (including phenoxy) is 1. The maximum absolute atomic E-state index is 11.7. The molecule has 2 aromatic rings. The summed E-state index contributed by atoms with van der Waals surface area (Å²) in [5.74, 6) is -1.33. The van der Waals surface area contributed by atoms with Crippen LogP contribution in [0.1, 0.15) is 25.0 Å². The van der Waals surface area contributed by atoms with E-state index in [1.807, 2.05) is 13.8 Å². The fourth-order valence-corrected chi connectivity index (χ4v) is 2.14. The topological polar surface area (TPSA) is 122 Å². The molecule has 0 spiro atoms. The third-order valence-corrected chi connectivity index (χ3v) is 3.49. The Kier molecular flexibility index (Phi) is 8.30. The summed E-state index contributed by atoms with van der Waals surface area (Å²) in [5.41, 5.74) is 3.67. The van der Waals surface area contributed by atoms with E-state index in [0.29, 0.717) is 11.3 Å². The van der Waals surface area contributed by atoms with Gasteiger partial charge in [0, 0.05) is 25.0 Å². The van der Waals surface area contributed by atoms with E-state index in [1.54, 1.807) is 48.8 Å². The quantitative estimate of drug-likeness (QED) is 0.345. The van der Waals surface area contributed by atoms with Gasteiger partial charge in [-0.15, -0.1) is 0 Å². The van der Waals surface area contributed by atoms with Gasteiger partial charge in [0.25, 0.3) is 5.91 Å². The summed E-state index contributed by atoms with van der Waals surface area (Å²) in [6.45, 7) is 3.89. The predicted octanol–water partition coefficient (Wildman–Crippen LogP) is 0.752. The Morgan fingerprint density at radius 1 is 1.07 bits per heavy atom. The molecular weight excluding hydrogens is 374 g/mol. The van der Waals surface area contributed by atoms with Crippen molar-refractivity contribution in [2.45, 2.75) is 26.4 Å². The van der Waals surface area contributed by atoms with E-state index in [9.17, 15) is 14.4 Å². The minimum Gasteiger partial charge on any atom is -0.484 e. The zero-order valence-electron chi connectivity index (χ0n) is 16.2. The van der Waals surface area contributed by atoms with Crippen LogP contribution in [0.25, 0.3) is 0 Å². The number of pyridine rings is 1. The maximum atomic E-state index is 11.7. The third kappa shape index (κ3) is 8.21. The van der Waals surface area contributed by atoms with Crippen molar-refractivity contribution in [3.05, 3.63) is 59.9 Å². The maximum Gasteiger partial charge on any atom is 0.329 e. The highest BCUT2D eigenvalue weighted by Gasteiger charge is 2.11. The monoisotopic (exact) mass is 397 g/mol. The zero-order chi connectivity index (χ0) is 21.1. The van der Waals surface area contributed by atoms with Crippen LogP contribution < -0.4 is 20.8 Å². The van der Waals surface area contributed by atoms with Crippen LogP contribution in [0.3, 0.4) is 0 Å². The van der Waals surface area contributed by atoms with E-state index in [1.165, 1.54) is 6.21 Å². The van der Waals surface area contributed by atoms with Gasteiger partial charge < -0.3 is 15.4 Å². The van der Waals surface area contributed by atoms with E-state index >= 15 is 0 Å². The normalized spacial score (nSPS) is 10.6. The number of aromatic nitrogens is 1. The minimum absolute atomic E-state index is 0.0534. The highest BCUT2D eigenvalue weighted by atomic mass is 16.5. The fourth-order valence-electron chi connectivity index (χ4n) is 2.14. The molecule has 0 unspecified atom stereocenters. The van der Waals surface area contributed by atoms with E-state index in [4.69, 9.17) is 4.74 Å². The van der Waals surface area contributed by atoms with E-state index in [0.717, 1.165) is 5.56 Å². The average Bonchev–Trinajstić information content (AvgIpc) is 2.71. The number of hydrogen-bond acceptors (Lipinski definition) is 6. The minimum atomic E-state index is -0.869. The molecule has 152 valence electrons. The molecule has 0 aliphatic rings. The summed E-state index contributed by atoms with van der Waals surface area (Å²) < 4.78 is 5.38. The van der Waals surface area contributed by atoms with E-state index < -0.39 is 11.8 Å². The standard InChI is InChI=1S/C20H23N5O4/c1-14(2)24-18(26)13-29-17-5-3-15(4-6-17)12-23-25-20(28)19(27)22-11-16-7-9-21-10-8-16/h3-10,12,14H,11,13H2,1-2H3,(H,22,27)(H,24,26)(H,25,28)/b23-12-. The van der Waals surface area contributed by atoms with E-state index in [-0.39, 0.29) is 25.1 Å². The zero-order valence-corrected chi connectivity index (χ0v) is 16.2. The van der Waals surface area contributed by atoms with Crippen LogP contribution in [0, 0.1) is 0 Å². The molecule has 0 aliphatic heterocycles. The van der Waals surface area contributed by atoms with Gasteiger partial charge in [-0.3, -0.25) is 19.4 Å². The number of benzene rings is 1. The molecule has 3 amide bonds. The average molecular weight is 397 g/mol. The molecule has 2 rings (SSSR count). The Hall–Kier alpha value is -3.75. The molecule has 0 fully saturated rings. The second-order valence-corrected chi connectivity index (χ2v) is 6.32. The van der Waals surface area contributed by atoms with Crippen molar-refractivity contribution in [3.8, 4) is 5.75 Å². The van der Waals surface area contributed by atoms with Crippen molar-refractivity contribution < 1.29 is 19.1 Å². The first-order valence-electron chi connectivity index (χ1n) is 8.96. The molecule has 1 aromatic heterocycles. The Labute approximate surface area is 168 Å².